The lowest BCUT2D eigenvalue weighted by molar-refractivity contribution is -0.120. The molecule has 0 radical (unpaired) electrons. The number of imide groups is 1. The molecule has 13 heteroatoms. The Hall–Kier alpha value is -2.99. The summed E-state index contributed by atoms with van der Waals surface area (Å²) in [6, 6.07) is 2.81. The summed E-state index contributed by atoms with van der Waals surface area (Å²) in [6.45, 7) is 9.74. The van der Waals surface area contributed by atoms with E-state index in [1.165, 1.54) is 4.90 Å². The molecule has 4 aliphatic heterocycles. The van der Waals surface area contributed by atoms with Gasteiger partial charge in [-0.15, -0.1) is 0 Å². The number of aryl methyl sites for hydroxylation is 1. The lowest BCUT2D eigenvalue weighted by Gasteiger charge is -2.48. The molecule has 5 rings (SSSR count). The summed E-state index contributed by atoms with van der Waals surface area (Å²) in [6.07, 6.45) is 3.16. The quantitative estimate of drug-likeness (QED) is 0.474. The van der Waals surface area contributed by atoms with Crippen molar-refractivity contribution < 1.29 is 32.7 Å². The molecule has 4 saturated heterocycles. The van der Waals surface area contributed by atoms with Crippen molar-refractivity contribution in [1.82, 2.24) is 20.0 Å². The Labute approximate surface area is 268 Å². The second-order valence-electron chi connectivity index (χ2n) is 14.1. The van der Waals surface area contributed by atoms with Crippen molar-refractivity contribution in [3.8, 4) is 0 Å². The summed E-state index contributed by atoms with van der Waals surface area (Å²) in [5.74, 6) is -4.26. The van der Waals surface area contributed by atoms with Crippen molar-refractivity contribution in [2.75, 3.05) is 57.3 Å². The van der Waals surface area contributed by atoms with E-state index >= 15 is 8.78 Å². The first kappa shape index (κ1) is 33.4. The number of hydrogen-bond donors (Lipinski definition) is 1. The first-order chi connectivity index (χ1) is 21.1. The molecule has 4 fully saturated rings. The molecule has 0 unspecified atom stereocenters. The molecule has 1 aromatic carbocycles. The maximum Gasteiger partial charge on any atom is 0.410 e. The van der Waals surface area contributed by atoms with Crippen LogP contribution in [0.15, 0.2) is 12.1 Å². The van der Waals surface area contributed by atoms with Gasteiger partial charge in [0.05, 0.1) is 17.3 Å². The van der Waals surface area contributed by atoms with Gasteiger partial charge in [-0.25, -0.2) is 18.4 Å². The summed E-state index contributed by atoms with van der Waals surface area (Å²) in [5, 5.41) is 2.66. The van der Waals surface area contributed by atoms with E-state index < -0.39 is 36.1 Å². The van der Waals surface area contributed by atoms with E-state index in [1.54, 1.807) is 39.8 Å². The number of likely N-dealkylation sites (tertiary alicyclic amines) is 3. The molecular formula is C32H44ClF2N5O5. The van der Waals surface area contributed by atoms with E-state index in [1.807, 2.05) is 4.90 Å². The Balaban J connectivity index is 1.13. The summed E-state index contributed by atoms with van der Waals surface area (Å²) in [5.41, 5.74) is 0.873. The number of ether oxygens (including phenoxy) is 1. The van der Waals surface area contributed by atoms with Crippen molar-refractivity contribution in [1.29, 1.82) is 0 Å². The number of anilines is 1. The maximum atomic E-state index is 15.1. The van der Waals surface area contributed by atoms with E-state index in [-0.39, 0.29) is 43.2 Å². The molecule has 1 N–H and O–H groups in total. The second kappa shape index (κ2) is 12.7. The molecule has 0 bridgehead atoms. The average Bonchev–Trinajstić information content (AvgIpc) is 2.96. The highest BCUT2D eigenvalue weighted by Gasteiger charge is 2.48. The third kappa shape index (κ3) is 7.53. The third-order valence-electron chi connectivity index (χ3n) is 9.73. The Morgan fingerprint density at radius 1 is 1.00 bits per heavy atom. The summed E-state index contributed by atoms with van der Waals surface area (Å²) < 4.78 is 35.6. The van der Waals surface area contributed by atoms with Crippen molar-refractivity contribution in [3.05, 3.63) is 28.3 Å². The number of nitrogens with zero attached hydrogens (tertiary/aromatic N) is 4. The number of piperidine rings is 3. The minimum atomic E-state index is -2.98. The predicted molar refractivity (Wildman–Crippen MR) is 166 cm³/mol. The van der Waals surface area contributed by atoms with E-state index in [0.29, 0.717) is 41.5 Å². The standard InChI is InChI=1S/C32H44ClF2N5O5/c1-21-17-22(18-24(26(21)33)40-12-6-25(41)36-28(40)43)27(42)38-15-9-31(10-16-38)7-13-37(14-8-31)19-23-5-11-39(20-32(23,34)35)29(44)45-30(2,3)4/h17-18,23H,5-16,19-20H2,1-4H3,(H,36,41,43)/t23-/m1/s1. The molecular weight excluding hydrogens is 608 g/mol. The van der Waals surface area contributed by atoms with E-state index in [4.69, 9.17) is 16.3 Å². The van der Waals surface area contributed by atoms with Gasteiger partial charge >= 0.3 is 12.1 Å². The van der Waals surface area contributed by atoms with Gasteiger partial charge in [-0.1, -0.05) is 11.6 Å². The van der Waals surface area contributed by atoms with Crippen LogP contribution in [0.25, 0.3) is 0 Å². The highest BCUT2D eigenvalue weighted by molar-refractivity contribution is 6.35. The lowest BCUT2D eigenvalue weighted by Crippen LogP contribution is -2.55. The van der Waals surface area contributed by atoms with E-state index in [9.17, 15) is 19.2 Å². The fourth-order valence-electron chi connectivity index (χ4n) is 6.95. The summed E-state index contributed by atoms with van der Waals surface area (Å²) in [7, 11) is 0. The zero-order valence-corrected chi connectivity index (χ0v) is 27.4. The minimum absolute atomic E-state index is 0.0787. The number of carbonyl (C=O) groups is 4. The van der Waals surface area contributed by atoms with E-state index in [0.717, 1.165) is 43.7 Å². The van der Waals surface area contributed by atoms with Crippen molar-refractivity contribution >= 4 is 41.2 Å². The predicted octanol–water partition coefficient (Wildman–Crippen LogP) is 5.31. The molecule has 1 aromatic rings. The highest BCUT2D eigenvalue weighted by atomic mass is 35.5. The Kier molecular flexibility index (Phi) is 9.39. The fourth-order valence-corrected chi connectivity index (χ4v) is 7.16. The molecule has 1 atom stereocenters. The van der Waals surface area contributed by atoms with Gasteiger partial charge in [0, 0.05) is 50.6 Å². The number of carbonyl (C=O) groups excluding carboxylic acids is 4. The van der Waals surface area contributed by atoms with Gasteiger partial charge in [0.1, 0.15) is 5.60 Å². The molecule has 0 aliphatic carbocycles. The van der Waals surface area contributed by atoms with Crippen LogP contribution >= 0.6 is 11.6 Å². The van der Waals surface area contributed by atoms with Crippen LogP contribution in [0.1, 0.15) is 75.2 Å². The zero-order chi connectivity index (χ0) is 32.7. The fraction of sp³-hybridized carbons (Fsp3) is 0.688. The van der Waals surface area contributed by atoms with Gasteiger partial charge in [0.15, 0.2) is 0 Å². The van der Waals surface area contributed by atoms with Crippen molar-refractivity contribution in [3.63, 3.8) is 0 Å². The number of rotatable bonds is 4. The van der Waals surface area contributed by atoms with Crippen molar-refractivity contribution in [2.24, 2.45) is 11.3 Å². The van der Waals surface area contributed by atoms with E-state index in [2.05, 4.69) is 10.2 Å². The van der Waals surface area contributed by atoms with Gasteiger partial charge in [0.25, 0.3) is 11.8 Å². The van der Waals surface area contributed by atoms with Crippen LogP contribution in [0.5, 0.6) is 0 Å². The van der Waals surface area contributed by atoms with Crippen molar-refractivity contribution in [2.45, 2.75) is 77.7 Å². The van der Waals surface area contributed by atoms with Crippen LogP contribution in [0.2, 0.25) is 5.02 Å². The van der Waals surface area contributed by atoms with Crippen LogP contribution in [-0.4, -0.2) is 103 Å². The Morgan fingerprint density at radius 2 is 1.64 bits per heavy atom. The molecule has 248 valence electrons. The van der Waals surface area contributed by atoms with Gasteiger partial charge in [-0.3, -0.25) is 19.8 Å². The summed E-state index contributed by atoms with van der Waals surface area (Å²) >= 11 is 6.52. The number of benzene rings is 1. The number of alkyl halides is 2. The second-order valence-corrected chi connectivity index (χ2v) is 14.5. The monoisotopic (exact) mass is 651 g/mol. The Bertz CT molecular complexity index is 1330. The van der Waals surface area contributed by atoms with Gasteiger partial charge < -0.3 is 19.4 Å². The number of halogens is 3. The number of nitrogens with one attached hydrogen (secondary N) is 1. The van der Waals surface area contributed by atoms with Crippen LogP contribution < -0.4 is 10.2 Å². The first-order valence-electron chi connectivity index (χ1n) is 15.8. The molecule has 4 aliphatic rings. The Morgan fingerprint density at radius 3 is 2.24 bits per heavy atom. The molecule has 0 aromatic heterocycles. The summed E-state index contributed by atoms with van der Waals surface area (Å²) in [4.78, 5) is 56.5. The zero-order valence-electron chi connectivity index (χ0n) is 26.6. The molecule has 5 amide bonds. The van der Waals surface area contributed by atoms with Crippen LogP contribution in [0.4, 0.5) is 24.1 Å². The normalized spacial score (nSPS) is 24.1. The largest absolute Gasteiger partial charge is 0.444 e. The smallest absolute Gasteiger partial charge is 0.410 e. The van der Waals surface area contributed by atoms with Gasteiger partial charge in [-0.2, -0.15) is 0 Å². The average molecular weight is 652 g/mol. The minimum Gasteiger partial charge on any atom is -0.444 e. The SMILES string of the molecule is Cc1cc(C(=O)N2CCC3(CCN(C[C@H]4CCN(C(=O)OC(C)(C)C)CC4(F)F)CC3)CC2)cc(N2CCC(=O)NC2=O)c1Cl. The van der Waals surface area contributed by atoms with Gasteiger partial charge in [0.2, 0.25) is 5.91 Å². The van der Waals surface area contributed by atoms with Crippen LogP contribution in [-0.2, 0) is 9.53 Å². The number of urea groups is 1. The molecule has 45 heavy (non-hydrogen) atoms. The van der Waals surface area contributed by atoms with Gasteiger partial charge in [-0.05, 0) is 96.0 Å². The third-order valence-corrected chi connectivity index (χ3v) is 10.2. The topological polar surface area (TPSA) is 102 Å². The van der Waals surface area contributed by atoms with Crippen LogP contribution in [0, 0.1) is 18.3 Å². The highest BCUT2D eigenvalue weighted by Crippen LogP contribution is 2.43. The first-order valence-corrected chi connectivity index (χ1v) is 16.2. The lowest BCUT2D eigenvalue weighted by atomic mass is 9.71. The number of hydrogen-bond acceptors (Lipinski definition) is 6. The van der Waals surface area contributed by atoms with Crippen LogP contribution in [0.3, 0.4) is 0 Å². The maximum absolute atomic E-state index is 15.1. The molecule has 1 spiro atoms. The number of amides is 5. The molecule has 0 saturated carbocycles. The molecule has 10 nitrogen and oxygen atoms in total. The molecule has 4 heterocycles.